The van der Waals surface area contributed by atoms with Crippen LogP contribution in [0.1, 0.15) is 78.6 Å². The van der Waals surface area contributed by atoms with Gasteiger partial charge in [0.15, 0.2) is 0 Å². The number of carbonyl (C=O) groups is 2. The molecule has 1 atom stereocenters. The van der Waals surface area contributed by atoms with Crippen molar-refractivity contribution in [2.75, 3.05) is 6.54 Å². The number of amides is 1. The van der Waals surface area contributed by atoms with Crippen LogP contribution >= 0.6 is 0 Å². The van der Waals surface area contributed by atoms with E-state index in [0.717, 1.165) is 19.3 Å². The van der Waals surface area contributed by atoms with Crippen LogP contribution in [0, 0.1) is 0 Å². The monoisotopic (exact) mass is 311 g/mol. The molecule has 0 spiro atoms. The molecule has 0 aromatic heterocycles. The van der Waals surface area contributed by atoms with Gasteiger partial charge in [-0.1, -0.05) is 64.5 Å². The van der Waals surface area contributed by atoms with Crippen molar-refractivity contribution in [2.45, 2.75) is 84.6 Å². The van der Waals surface area contributed by atoms with Gasteiger partial charge in [-0.2, -0.15) is 0 Å². The maximum atomic E-state index is 12.2. The van der Waals surface area contributed by atoms with Gasteiger partial charge in [-0.05, 0) is 19.8 Å². The highest BCUT2D eigenvalue weighted by Gasteiger charge is 2.23. The van der Waals surface area contributed by atoms with Gasteiger partial charge in [-0.15, -0.1) is 0 Å². The summed E-state index contributed by atoms with van der Waals surface area (Å²) in [5.74, 6) is -1.03. The van der Waals surface area contributed by atoms with Crippen molar-refractivity contribution in [3.63, 3.8) is 0 Å². The molecule has 0 heterocycles. The molecule has 0 aromatic carbocycles. The van der Waals surface area contributed by atoms with Gasteiger partial charge < -0.3 is 10.0 Å². The summed E-state index contributed by atoms with van der Waals surface area (Å²) in [6.45, 7) is 6.34. The van der Waals surface area contributed by atoms with Gasteiger partial charge in [0.1, 0.15) is 6.04 Å². The Morgan fingerprint density at radius 2 is 1.59 bits per heavy atom. The molecule has 128 valence electrons. The second-order valence-corrected chi connectivity index (χ2v) is 5.81. The highest BCUT2D eigenvalue weighted by molar-refractivity contribution is 5.84. The molecule has 22 heavy (non-hydrogen) atoms. The van der Waals surface area contributed by atoms with Gasteiger partial charge in [-0.3, -0.25) is 4.79 Å². The summed E-state index contributed by atoms with van der Waals surface area (Å²) in [6.07, 6.45) is 13.1. The molecular formula is C18H33NO3. The van der Waals surface area contributed by atoms with Crippen molar-refractivity contribution in [2.24, 2.45) is 0 Å². The van der Waals surface area contributed by atoms with Gasteiger partial charge in [0.25, 0.3) is 0 Å². The average Bonchev–Trinajstić information content (AvgIpc) is 2.49. The highest BCUT2D eigenvalue weighted by atomic mass is 16.4. The molecule has 0 unspecified atom stereocenters. The molecule has 0 aliphatic carbocycles. The fourth-order valence-electron chi connectivity index (χ4n) is 2.37. The van der Waals surface area contributed by atoms with E-state index in [0.29, 0.717) is 13.0 Å². The first-order chi connectivity index (χ1) is 10.5. The molecule has 0 aliphatic heterocycles. The van der Waals surface area contributed by atoms with Gasteiger partial charge in [0.05, 0.1) is 0 Å². The van der Waals surface area contributed by atoms with Crippen LogP contribution in [0.15, 0.2) is 12.2 Å². The molecule has 1 amide bonds. The number of hydrogen-bond acceptors (Lipinski definition) is 2. The van der Waals surface area contributed by atoms with Crippen LogP contribution in [0.3, 0.4) is 0 Å². The van der Waals surface area contributed by atoms with E-state index < -0.39 is 12.0 Å². The summed E-state index contributed by atoms with van der Waals surface area (Å²) in [4.78, 5) is 24.9. The predicted molar refractivity (Wildman–Crippen MR) is 90.9 cm³/mol. The Labute approximate surface area is 135 Å². The fraction of sp³-hybridized carbons (Fsp3) is 0.778. The predicted octanol–water partition coefficient (Wildman–Crippen LogP) is 4.40. The number of hydrogen-bond donors (Lipinski definition) is 1. The lowest BCUT2D eigenvalue weighted by Crippen LogP contribution is -2.43. The lowest BCUT2D eigenvalue weighted by molar-refractivity contribution is -0.149. The van der Waals surface area contributed by atoms with E-state index in [1.807, 2.05) is 19.1 Å². The van der Waals surface area contributed by atoms with Crippen LogP contribution in [0.2, 0.25) is 0 Å². The summed E-state index contributed by atoms with van der Waals surface area (Å²) in [7, 11) is 0. The Kier molecular flexibility index (Phi) is 12.5. The molecule has 4 nitrogen and oxygen atoms in total. The van der Waals surface area contributed by atoms with Crippen LogP contribution in [0.25, 0.3) is 0 Å². The normalized spacial score (nSPS) is 12.5. The van der Waals surface area contributed by atoms with Crippen LogP contribution in [-0.4, -0.2) is 34.5 Å². The van der Waals surface area contributed by atoms with E-state index in [4.69, 9.17) is 5.11 Å². The maximum Gasteiger partial charge on any atom is 0.326 e. The molecule has 0 aromatic rings. The Morgan fingerprint density at radius 1 is 1.00 bits per heavy atom. The molecule has 0 rings (SSSR count). The zero-order valence-corrected chi connectivity index (χ0v) is 14.5. The minimum atomic E-state index is -0.934. The van der Waals surface area contributed by atoms with Crippen LogP contribution in [-0.2, 0) is 9.59 Å². The zero-order chi connectivity index (χ0) is 16.8. The molecule has 0 fully saturated rings. The Bertz CT molecular complexity index is 339. The van der Waals surface area contributed by atoms with Crippen molar-refractivity contribution in [3.8, 4) is 0 Å². The molecule has 0 radical (unpaired) electrons. The number of aliphatic carboxylic acids is 1. The molecule has 0 saturated heterocycles. The number of carbonyl (C=O) groups excluding carboxylic acids is 1. The van der Waals surface area contributed by atoms with E-state index in [1.54, 1.807) is 6.92 Å². The highest BCUT2D eigenvalue weighted by Crippen LogP contribution is 2.10. The number of rotatable bonds is 13. The Morgan fingerprint density at radius 3 is 2.14 bits per heavy atom. The molecule has 4 heteroatoms. The third kappa shape index (κ3) is 9.59. The smallest absolute Gasteiger partial charge is 0.326 e. The van der Waals surface area contributed by atoms with E-state index in [1.165, 1.54) is 37.0 Å². The number of nitrogens with zero attached hydrogens (tertiary/aromatic N) is 1. The van der Waals surface area contributed by atoms with Gasteiger partial charge in [-0.25, -0.2) is 4.79 Å². The van der Waals surface area contributed by atoms with Crippen LogP contribution in [0.4, 0.5) is 0 Å². The lowest BCUT2D eigenvalue weighted by atomic mass is 10.1. The Hall–Kier alpha value is -1.32. The first-order valence-corrected chi connectivity index (χ1v) is 8.71. The quantitative estimate of drug-likeness (QED) is 0.405. The number of allylic oxidation sites excluding steroid dienone is 1. The molecule has 1 N–H and O–H groups in total. The first-order valence-electron chi connectivity index (χ1n) is 8.71. The third-order valence-electron chi connectivity index (χ3n) is 3.84. The second kappa shape index (κ2) is 13.4. The van der Waals surface area contributed by atoms with Crippen LogP contribution in [0.5, 0.6) is 0 Å². The van der Waals surface area contributed by atoms with Crippen molar-refractivity contribution in [1.29, 1.82) is 0 Å². The number of unbranched alkanes of at least 4 members (excludes halogenated alkanes) is 6. The van der Waals surface area contributed by atoms with Gasteiger partial charge >= 0.3 is 5.97 Å². The maximum absolute atomic E-state index is 12.2. The summed E-state index contributed by atoms with van der Waals surface area (Å²) in [6, 6.07) is -0.748. The number of carboxylic acid groups (broad SMARTS) is 1. The van der Waals surface area contributed by atoms with Crippen LogP contribution < -0.4 is 0 Å². The lowest BCUT2D eigenvalue weighted by Gasteiger charge is -2.26. The zero-order valence-electron chi connectivity index (χ0n) is 14.5. The summed E-state index contributed by atoms with van der Waals surface area (Å²) in [5, 5.41) is 9.16. The van der Waals surface area contributed by atoms with Crippen molar-refractivity contribution in [3.05, 3.63) is 12.2 Å². The molecule has 0 saturated carbocycles. The Balaban J connectivity index is 4.22. The van der Waals surface area contributed by atoms with E-state index in [2.05, 4.69) is 6.92 Å². The van der Waals surface area contributed by atoms with Gasteiger partial charge in [0, 0.05) is 13.0 Å². The minimum Gasteiger partial charge on any atom is -0.480 e. The third-order valence-corrected chi connectivity index (χ3v) is 3.84. The van der Waals surface area contributed by atoms with Crippen molar-refractivity contribution in [1.82, 2.24) is 4.90 Å². The standard InChI is InChI=1S/C18H33NO3/c1-4-6-8-9-10-11-13-15-19(16(3)18(21)22)17(20)14-12-7-5-2/h7,12,16H,4-6,8-11,13-15H2,1-3H3,(H,21,22)/b12-7+/t16-/m0/s1. The number of carboxylic acids is 1. The molecular weight excluding hydrogens is 278 g/mol. The topological polar surface area (TPSA) is 57.6 Å². The van der Waals surface area contributed by atoms with Gasteiger partial charge in [0.2, 0.25) is 5.91 Å². The SMILES string of the molecule is CC/C=C/CC(=O)N(CCCCCCCCC)[C@@H](C)C(=O)O. The molecule has 0 aliphatic rings. The second-order valence-electron chi connectivity index (χ2n) is 5.81. The van der Waals surface area contributed by atoms with Crippen molar-refractivity contribution < 1.29 is 14.7 Å². The average molecular weight is 311 g/mol. The summed E-state index contributed by atoms with van der Waals surface area (Å²) < 4.78 is 0. The fourth-order valence-corrected chi connectivity index (χ4v) is 2.37. The minimum absolute atomic E-state index is 0.0921. The van der Waals surface area contributed by atoms with Crippen molar-refractivity contribution >= 4 is 11.9 Å². The largest absolute Gasteiger partial charge is 0.480 e. The van der Waals surface area contributed by atoms with E-state index >= 15 is 0 Å². The molecule has 0 bridgehead atoms. The summed E-state index contributed by atoms with van der Waals surface area (Å²) >= 11 is 0. The summed E-state index contributed by atoms with van der Waals surface area (Å²) in [5.41, 5.74) is 0. The van der Waals surface area contributed by atoms with E-state index in [9.17, 15) is 9.59 Å². The van der Waals surface area contributed by atoms with E-state index in [-0.39, 0.29) is 5.91 Å². The first kappa shape index (κ1) is 20.7.